The Kier molecular flexibility index (Phi) is 4.81. The molecule has 2 aromatic carbocycles. The summed E-state index contributed by atoms with van der Waals surface area (Å²) < 4.78 is 41.7. The van der Waals surface area contributed by atoms with Gasteiger partial charge in [0, 0.05) is 0 Å². The van der Waals surface area contributed by atoms with Gasteiger partial charge in [-0.05, 0) is 12.1 Å². The maximum Gasteiger partial charge on any atom is 0.297 e. The van der Waals surface area contributed by atoms with Crippen LogP contribution in [-0.4, -0.2) is 13.0 Å². The molecule has 90 valence electrons. The van der Waals surface area contributed by atoms with Crippen LogP contribution in [0.2, 0.25) is 0 Å². The SMILES string of the molecule is O=S(=O)(O)c1ccccc1F.c1ccccc1. The van der Waals surface area contributed by atoms with Gasteiger partial charge in [-0.15, -0.1) is 0 Å². The molecule has 0 saturated heterocycles. The average Bonchev–Trinajstić information content (AvgIpc) is 2.31. The Hall–Kier alpha value is -1.72. The predicted molar refractivity (Wildman–Crippen MR) is 62.7 cm³/mol. The molecule has 0 radical (unpaired) electrons. The molecule has 3 nitrogen and oxygen atoms in total. The van der Waals surface area contributed by atoms with Crippen LogP contribution in [0.5, 0.6) is 0 Å². The number of rotatable bonds is 1. The third kappa shape index (κ3) is 4.76. The second kappa shape index (κ2) is 6.12. The van der Waals surface area contributed by atoms with Crippen molar-refractivity contribution < 1.29 is 17.4 Å². The van der Waals surface area contributed by atoms with Crippen LogP contribution in [-0.2, 0) is 10.1 Å². The minimum atomic E-state index is -4.41. The van der Waals surface area contributed by atoms with Crippen molar-refractivity contribution in [3.63, 3.8) is 0 Å². The average molecular weight is 254 g/mol. The van der Waals surface area contributed by atoms with Crippen LogP contribution in [0, 0.1) is 5.82 Å². The third-order valence-electron chi connectivity index (χ3n) is 1.78. The molecule has 2 rings (SSSR count). The minimum Gasteiger partial charge on any atom is -0.282 e. The van der Waals surface area contributed by atoms with E-state index in [1.165, 1.54) is 12.1 Å². The standard InChI is InChI=1S/C6H5FO3S.C6H6/c7-5-3-1-2-4-6(5)11(8,9)10;1-2-4-6-5-3-1/h1-4H,(H,8,9,10);1-6H. The van der Waals surface area contributed by atoms with Crippen molar-refractivity contribution in [1.29, 1.82) is 0 Å². The van der Waals surface area contributed by atoms with Crippen molar-refractivity contribution in [3.8, 4) is 0 Å². The molecule has 0 bridgehead atoms. The molecule has 1 N–H and O–H groups in total. The summed E-state index contributed by atoms with van der Waals surface area (Å²) in [5, 5.41) is 0. The maximum atomic E-state index is 12.5. The summed E-state index contributed by atoms with van der Waals surface area (Å²) in [6, 6.07) is 16.6. The molecule has 0 aliphatic carbocycles. The van der Waals surface area contributed by atoms with Crippen LogP contribution in [0.1, 0.15) is 0 Å². The largest absolute Gasteiger partial charge is 0.297 e. The van der Waals surface area contributed by atoms with Gasteiger partial charge in [-0.3, -0.25) is 4.55 Å². The van der Waals surface area contributed by atoms with E-state index in [1.807, 2.05) is 36.4 Å². The highest BCUT2D eigenvalue weighted by Crippen LogP contribution is 2.11. The lowest BCUT2D eigenvalue weighted by Crippen LogP contribution is -2.00. The normalized spacial score (nSPS) is 10.2. The summed E-state index contributed by atoms with van der Waals surface area (Å²) in [4.78, 5) is -0.694. The minimum absolute atomic E-state index is 0.694. The summed E-state index contributed by atoms with van der Waals surface area (Å²) in [5.74, 6) is -0.949. The fourth-order valence-electron chi connectivity index (χ4n) is 1.04. The molecule has 5 heteroatoms. The van der Waals surface area contributed by atoms with Gasteiger partial charge in [0.25, 0.3) is 10.1 Å². The first kappa shape index (κ1) is 13.3. The van der Waals surface area contributed by atoms with Gasteiger partial charge in [0.1, 0.15) is 10.7 Å². The van der Waals surface area contributed by atoms with E-state index in [9.17, 15) is 12.8 Å². The zero-order valence-corrected chi connectivity index (χ0v) is 9.64. The van der Waals surface area contributed by atoms with Crippen molar-refractivity contribution in [2.75, 3.05) is 0 Å². The monoisotopic (exact) mass is 254 g/mol. The van der Waals surface area contributed by atoms with Gasteiger partial charge in [-0.2, -0.15) is 8.42 Å². The van der Waals surface area contributed by atoms with Crippen LogP contribution >= 0.6 is 0 Å². The molecule has 0 aliphatic heterocycles. The lowest BCUT2D eigenvalue weighted by molar-refractivity contribution is 0.473. The van der Waals surface area contributed by atoms with E-state index in [1.54, 1.807) is 0 Å². The van der Waals surface area contributed by atoms with Crippen molar-refractivity contribution in [3.05, 3.63) is 66.5 Å². The van der Waals surface area contributed by atoms with Gasteiger partial charge >= 0.3 is 0 Å². The van der Waals surface area contributed by atoms with Gasteiger partial charge in [-0.1, -0.05) is 48.5 Å². The topological polar surface area (TPSA) is 54.4 Å². The summed E-state index contributed by atoms with van der Waals surface area (Å²) >= 11 is 0. The van der Waals surface area contributed by atoms with Crippen LogP contribution in [0.3, 0.4) is 0 Å². The van der Waals surface area contributed by atoms with E-state index in [-0.39, 0.29) is 0 Å². The van der Waals surface area contributed by atoms with Crippen molar-refractivity contribution in [2.24, 2.45) is 0 Å². The maximum absolute atomic E-state index is 12.5. The lowest BCUT2D eigenvalue weighted by Gasteiger charge is -1.95. The van der Waals surface area contributed by atoms with Crippen molar-refractivity contribution in [2.45, 2.75) is 4.90 Å². The molecule has 0 aromatic heterocycles. The summed E-state index contributed by atoms with van der Waals surface area (Å²) in [6.45, 7) is 0. The zero-order chi connectivity index (χ0) is 12.7. The molecular formula is C12H11FO3S. The second-order valence-electron chi connectivity index (χ2n) is 3.06. The fourth-order valence-corrected chi connectivity index (χ4v) is 1.60. The first-order valence-electron chi connectivity index (χ1n) is 4.74. The Balaban J connectivity index is 0.000000202. The third-order valence-corrected chi connectivity index (χ3v) is 2.67. The molecule has 2 aromatic rings. The Morgan fingerprint density at radius 2 is 1.24 bits per heavy atom. The summed E-state index contributed by atoms with van der Waals surface area (Å²) in [6.07, 6.45) is 0. The number of benzene rings is 2. The van der Waals surface area contributed by atoms with Gasteiger partial charge in [0.2, 0.25) is 0 Å². The lowest BCUT2D eigenvalue weighted by atomic mass is 10.4. The van der Waals surface area contributed by atoms with E-state index in [4.69, 9.17) is 4.55 Å². The molecule has 0 unspecified atom stereocenters. The molecule has 0 aliphatic rings. The highest BCUT2D eigenvalue weighted by Gasteiger charge is 2.13. The fraction of sp³-hybridized carbons (Fsp3) is 0. The molecule has 0 atom stereocenters. The first-order chi connectivity index (χ1) is 8.02. The van der Waals surface area contributed by atoms with E-state index in [0.29, 0.717) is 0 Å². The number of hydrogen-bond donors (Lipinski definition) is 1. The van der Waals surface area contributed by atoms with Gasteiger partial charge in [-0.25, -0.2) is 4.39 Å². The van der Waals surface area contributed by atoms with E-state index < -0.39 is 20.8 Å². The van der Waals surface area contributed by atoms with E-state index in [2.05, 4.69) is 0 Å². The van der Waals surface area contributed by atoms with Crippen LogP contribution in [0.4, 0.5) is 4.39 Å². The smallest absolute Gasteiger partial charge is 0.282 e. The molecular weight excluding hydrogens is 243 g/mol. The zero-order valence-electron chi connectivity index (χ0n) is 8.82. The number of halogens is 1. The molecule has 0 saturated carbocycles. The Morgan fingerprint density at radius 1 is 0.824 bits per heavy atom. The number of hydrogen-bond acceptors (Lipinski definition) is 2. The Morgan fingerprint density at radius 3 is 1.53 bits per heavy atom. The highest BCUT2D eigenvalue weighted by atomic mass is 32.2. The van der Waals surface area contributed by atoms with Gasteiger partial charge < -0.3 is 0 Å². The quantitative estimate of drug-likeness (QED) is 0.796. The van der Waals surface area contributed by atoms with Crippen molar-refractivity contribution in [1.82, 2.24) is 0 Å². The predicted octanol–water partition coefficient (Wildman–Crippen LogP) is 2.76. The molecule has 0 heterocycles. The Labute approximate surface area is 99.3 Å². The molecule has 0 spiro atoms. The summed E-state index contributed by atoms with van der Waals surface area (Å²) in [5.41, 5.74) is 0. The van der Waals surface area contributed by atoms with E-state index >= 15 is 0 Å². The van der Waals surface area contributed by atoms with Gasteiger partial charge in [0.15, 0.2) is 0 Å². The Bertz CT molecular complexity index is 526. The van der Waals surface area contributed by atoms with Gasteiger partial charge in [0.05, 0.1) is 0 Å². The summed E-state index contributed by atoms with van der Waals surface area (Å²) in [7, 11) is -4.41. The highest BCUT2D eigenvalue weighted by molar-refractivity contribution is 7.85. The van der Waals surface area contributed by atoms with E-state index in [0.717, 1.165) is 12.1 Å². The molecule has 0 fully saturated rings. The van der Waals surface area contributed by atoms with Crippen LogP contribution < -0.4 is 0 Å². The molecule has 17 heavy (non-hydrogen) atoms. The van der Waals surface area contributed by atoms with Crippen LogP contribution in [0.15, 0.2) is 65.6 Å². The second-order valence-corrected chi connectivity index (χ2v) is 4.45. The van der Waals surface area contributed by atoms with Crippen molar-refractivity contribution >= 4 is 10.1 Å². The molecule has 0 amide bonds. The first-order valence-corrected chi connectivity index (χ1v) is 6.18. The van der Waals surface area contributed by atoms with Crippen LogP contribution in [0.25, 0.3) is 0 Å².